The van der Waals surface area contributed by atoms with Gasteiger partial charge in [-0.15, -0.1) is 11.3 Å². The van der Waals surface area contributed by atoms with E-state index in [4.69, 9.17) is 4.74 Å². The SMILES string of the molecule is CCOC(=O)c1nc(C2CCC2)cs1. The van der Waals surface area contributed by atoms with Crippen molar-refractivity contribution in [1.29, 1.82) is 0 Å². The van der Waals surface area contributed by atoms with E-state index in [1.807, 2.05) is 5.38 Å². The van der Waals surface area contributed by atoms with E-state index in [0.717, 1.165) is 5.69 Å². The molecule has 3 nitrogen and oxygen atoms in total. The third kappa shape index (κ3) is 1.80. The number of ether oxygens (including phenoxy) is 1. The molecule has 1 saturated carbocycles. The second-order valence-corrected chi connectivity index (χ2v) is 4.28. The lowest BCUT2D eigenvalue weighted by molar-refractivity contribution is 0.0525. The topological polar surface area (TPSA) is 39.2 Å². The fourth-order valence-electron chi connectivity index (χ4n) is 1.46. The lowest BCUT2D eigenvalue weighted by Crippen LogP contribution is -2.10. The van der Waals surface area contributed by atoms with Gasteiger partial charge >= 0.3 is 5.97 Å². The van der Waals surface area contributed by atoms with Gasteiger partial charge < -0.3 is 4.74 Å². The van der Waals surface area contributed by atoms with Gasteiger partial charge in [-0.3, -0.25) is 0 Å². The molecule has 0 atom stereocenters. The number of carbonyl (C=O) groups excluding carboxylic acids is 1. The van der Waals surface area contributed by atoms with Crippen molar-refractivity contribution >= 4 is 17.3 Å². The molecule has 1 aliphatic rings. The first kappa shape index (κ1) is 9.65. The summed E-state index contributed by atoms with van der Waals surface area (Å²) in [6, 6.07) is 0. The summed E-state index contributed by atoms with van der Waals surface area (Å²) in [4.78, 5) is 15.6. The van der Waals surface area contributed by atoms with E-state index in [2.05, 4.69) is 4.98 Å². The lowest BCUT2D eigenvalue weighted by Gasteiger charge is -2.22. The van der Waals surface area contributed by atoms with Crippen molar-refractivity contribution in [2.24, 2.45) is 0 Å². The summed E-state index contributed by atoms with van der Waals surface area (Å²) in [5.74, 6) is 0.303. The van der Waals surface area contributed by atoms with Crippen molar-refractivity contribution in [3.8, 4) is 0 Å². The van der Waals surface area contributed by atoms with E-state index in [1.54, 1.807) is 6.92 Å². The Bertz CT molecular complexity index is 331. The molecule has 1 fully saturated rings. The minimum Gasteiger partial charge on any atom is -0.461 e. The quantitative estimate of drug-likeness (QED) is 0.721. The molecule has 76 valence electrons. The summed E-state index contributed by atoms with van der Waals surface area (Å²) < 4.78 is 4.88. The van der Waals surface area contributed by atoms with Gasteiger partial charge in [0.05, 0.1) is 12.3 Å². The zero-order chi connectivity index (χ0) is 9.97. The average molecular weight is 211 g/mol. The molecule has 0 aromatic carbocycles. The summed E-state index contributed by atoms with van der Waals surface area (Å²) in [7, 11) is 0. The highest BCUT2D eigenvalue weighted by Crippen LogP contribution is 2.36. The standard InChI is InChI=1S/C10H13NO2S/c1-2-13-10(12)9-11-8(6-14-9)7-4-3-5-7/h6-7H,2-5H2,1H3. The maximum absolute atomic E-state index is 11.3. The highest BCUT2D eigenvalue weighted by molar-refractivity contribution is 7.11. The summed E-state index contributed by atoms with van der Waals surface area (Å²) in [6.45, 7) is 2.22. The van der Waals surface area contributed by atoms with Crippen LogP contribution >= 0.6 is 11.3 Å². The van der Waals surface area contributed by atoms with Crippen LogP contribution in [0.5, 0.6) is 0 Å². The Morgan fingerprint density at radius 2 is 2.50 bits per heavy atom. The number of rotatable bonds is 3. The second kappa shape index (κ2) is 4.09. The molecule has 14 heavy (non-hydrogen) atoms. The third-order valence-corrected chi connectivity index (χ3v) is 3.34. The third-order valence-electron chi connectivity index (χ3n) is 2.50. The fraction of sp³-hybridized carbons (Fsp3) is 0.600. The van der Waals surface area contributed by atoms with E-state index in [-0.39, 0.29) is 5.97 Å². The van der Waals surface area contributed by atoms with Gasteiger partial charge in [-0.2, -0.15) is 0 Å². The predicted octanol–water partition coefficient (Wildman–Crippen LogP) is 2.59. The Morgan fingerprint density at radius 1 is 1.71 bits per heavy atom. The van der Waals surface area contributed by atoms with Gasteiger partial charge in [-0.1, -0.05) is 6.42 Å². The number of thiazole rings is 1. The van der Waals surface area contributed by atoms with Crippen LogP contribution < -0.4 is 0 Å². The number of nitrogens with zero attached hydrogens (tertiary/aromatic N) is 1. The Morgan fingerprint density at radius 3 is 3.07 bits per heavy atom. The van der Waals surface area contributed by atoms with Crippen LogP contribution in [0.25, 0.3) is 0 Å². The molecule has 1 aromatic heterocycles. The van der Waals surface area contributed by atoms with Gasteiger partial charge in [0.15, 0.2) is 0 Å². The Hall–Kier alpha value is -0.900. The molecule has 0 spiro atoms. The van der Waals surface area contributed by atoms with Gasteiger partial charge in [0.2, 0.25) is 5.01 Å². The van der Waals surface area contributed by atoms with Crippen LogP contribution in [0.15, 0.2) is 5.38 Å². The molecule has 1 heterocycles. The number of hydrogen-bond donors (Lipinski definition) is 0. The van der Waals surface area contributed by atoms with Gasteiger partial charge in [0.25, 0.3) is 0 Å². The van der Waals surface area contributed by atoms with Gasteiger partial charge in [0.1, 0.15) is 0 Å². The smallest absolute Gasteiger partial charge is 0.367 e. The number of hydrogen-bond acceptors (Lipinski definition) is 4. The number of aromatic nitrogens is 1. The van der Waals surface area contributed by atoms with Crippen LogP contribution in [0.2, 0.25) is 0 Å². The van der Waals surface area contributed by atoms with E-state index in [9.17, 15) is 4.79 Å². The summed E-state index contributed by atoms with van der Waals surface area (Å²) >= 11 is 1.39. The minimum atomic E-state index is -0.289. The molecule has 0 N–H and O–H groups in total. The first-order valence-corrected chi connectivity index (χ1v) is 5.81. The van der Waals surface area contributed by atoms with Crippen LogP contribution in [0.3, 0.4) is 0 Å². The minimum absolute atomic E-state index is 0.289. The first-order chi connectivity index (χ1) is 6.81. The second-order valence-electron chi connectivity index (χ2n) is 3.43. The Labute approximate surface area is 87.1 Å². The van der Waals surface area contributed by atoms with Crippen molar-refractivity contribution in [1.82, 2.24) is 4.98 Å². The molecular weight excluding hydrogens is 198 g/mol. The van der Waals surface area contributed by atoms with Crippen LogP contribution in [0, 0.1) is 0 Å². The van der Waals surface area contributed by atoms with Gasteiger partial charge in [-0.25, -0.2) is 9.78 Å². The van der Waals surface area contributed by atoms with E-state index in [1.165, 1.54) is 30.6 Å². The summed E-state index contributed by atoms with van der Waals surface area (Å²) in [5, 5.41) is 2.48. The maximum Gasteiger partial charge on any atom is 0.367 e. The molecule has 0 unspecified atom stereocenters. The lowest BCUT2D eigenvalue weighted by atomic mass is 9.83. The molecule has 0 radical (unpaired) electrons. The Balaban J connectivity index is 2.05. The Kier molecular flexibility index (Phi) is 2.82. The van der Waals surface area contributed by atoms with E-state index < -0.39 is 0 Å². The fourth-order valence-corrected chi connectivity index (χ4v) is 2.26. The summed E-state index contributed by atoms with van der Waals surface area (Å²) in [6.07, 6.45) is 3.72. The van der Waals surface area contributed by atoms with Crippen molar-refractivity contribution in [2.45, 2.75) is 32.1 Å². The number of carbonyl (C=O) groups is 1. The average Bonchev–Trinajstić information content (AvgIpc) is 2.50. The first-order valence-electron chi connectivity index (χ1n) is 4.93. The van der Waals surface area contributed by atoms with Crippen LogP contribution in [0.4, 0.5) is 0 Å². The van der Waals surface area contributed by atoms with Gasteiger partial charge in [-0.05, 0) is 19.8 Å². The van der Waals surface area contributed by atoms with E-state index in [0.29, 0.717) is 17.5 Å². The van der Waals surface area contributed by atoms with Gasteiger partial charge in [0, 0.05) is 11.3 Å². The monoisotopic (exact) mass is 211 g/mol. The molecular formula is C10H13NO2S. The summed E-state index contributed by atoms with van der Waals surface area (Å²) in [5.41, 5.74) is 1.07. The van der Waals surface area contributed by atoms with Crippen molar-refractivity contribution < 1.29 is 9.53 Å². The molecule has 4 heteroatoms. The van der Waals surface area contributed by atoms with Crippen LogP contribution in [-0.4, -0.2) is 17.6 Å². The van der Waals surface area contributed by atoms with E-state index >= 15 is 0 Å². The number of esters is 1. The molecule has 1 aromatic rings. The molecule has 1 aliphatic carbocycles. The van der Waals surface area contributed by atoms with Crippen molar-refractivity contribution in [2.75, 3.05) is 6.61 Å². The van der Waals surface area contributed by atoms with Crippen molar-refractivity contribution in [3.05, 3.63) is 16.1 Å². The molecule has 0 saturated heterocycles. The largest absolute Gasteiger partial charge is 0.461 e. The van der Waals surface area contributed by atoms with Crippen LogP contribution in [0.1, 0.15) is 47.6 Å². The zero-order valence-corrected chi connectivity index (χ0v) is 8.97. The molecule has 0 aliphatic heterocycles. The molecule has 0 bridgehead atoms. The normalized spacial score (nSPS) is 16.4. The molecule has 2 rings (SSSR count). The highest BCUT2D eigenvalue weighted by Gasteiger charge is 2.23. The highest BCUT2D eigenvalue weighted by atomic mass is 32.1. The van der Waals surface area contributed by atoms with Crippen molar-refractivity contribution in [3.63, 3.8) is 0 Å². The van der Waals surface area contributed by atoms with Crippen LogP contribution in [-0.2, 0) is 4.74 Å². The molecule has 0 amide bonds. The zero-order valence-electron chi connectivity index (χ0n) is 8.16. The predicted molar refractivity (Wildman–Crippen MR) is 54.7 cm³/mol. The maximum atomic E-state index is 11.3.